The van der Waals surface area contributed by atoms with Crippen LogP contribution in [0, 0.1) is 0 Å². The molecule has 1 aromatic rings. The van der Waals surface area contributed by atoms with E-state index in [-0.39, 0.29) is 0 Å². The number of halogens is 1. The van der Waals surface area contributed by atoms with Crippen molar-refractivity contribution in [3.63, 3.8) is 0 Å². The molecule has 1 N–H and O–H groups in total. The molecule has 0 aliphatic carbocycles. The lowest BCUT2D eigenvalue weighted by molar-refractivity contribution is 0.171. The van der Waals surface area contributed by atoms with Gasteiger partial charge in [0.1, 0.15) is 13.2 Å². The smallest absolute Gasteiger partial charge is 0.163 e. The van der Waals surface area contributed by atoms with E-state index in [1.807, 2.05) is 12.1 Å². The summed E-state index contributed by atoms with van der Waals surface area (Å²) in [6.45, 7) is 1.19. The second kappa shape index (κ2) is 5.71. The Morgan fingerprint density at radius 2 is 1.79 bits per heavy atom. The SMILES string of the molecule is O=S1CCC(Nc2cc3c(cc2Br)OCCO3)CC1. The molecule has 3 rings (SSSR count). The maximum absolute atomic E-state index is 11.4. The average Bonchev–Trinajstić information content (AvgIpc) is 2.42. The molecule has 2 heterocycles. The van der Waals surface area contributed by atoms with E-state index in [4.69, 9.17) is 9.47 Å². The Morgan fingerprint density at radius 3 is 2.47 bits per heavy atom. The zero-order chi connectivity index (χ0) is 13.2. The van der Waals surface area contributed by atoms with Gasteiger partial charge in [-0.25, -0.2) is 0 Å². The van der Waals surface area contributed by atoms with Gasteiger partial charge in [0.25, 0.3) is 0 Å². The topological polar surface area (TPSA) is 47.6 Å². The maximum atomic E-state index is 11.4. The minimum absolute atomic E-state index is 0.386. The number of hydrogen-bond donors (Lipinski definition) is 1. The van der Waals surface area contributed by atoms with Gasteiger partial charge in [0.2, 0.25) is 0 Å². The Morgan fingerprint density at radius 1 is 1.16 bits per heavy atom. The molecule has 0 spiro atoms. The first-order valence-corrected chi connectivity index (χ1v) is 8.71. The highest BCUT2D eigenvalue weighted by Crippen LogP contribution is 2.38. The van der Waals surface area contributed by atoms with Crippen molar-refractivity contribution in [2.75, 3.05) is 30.0 Å². The Labute approximate surface area is 123 Å². The van der Waals surface area contributed by atoms with Crippen LogP contribution in [0.4, 0.5) is 5.69 Å². The number of hydrogen-bond acceptors (Lipinski definition) is 4. The van der Waals surface area contributed by atoms with Crippen molar-refractivity contribution in [3.8, 4) is 11.5 Å². The van der Waals surface area contributed by atoms with Gasteiger partial charge >= 0.3 is 0 Å². The van der Waals surface area contributed by atoms with Crippen LogP contribution in [0.15, 0.2) is 16.6 Å². The molecule has 1 fully saturated rings. The first-order chi connectivity index (χ1) is 9.22. The molecule has 0 atom stereocenters. The van der Waals surface area contributed by atoms with Gasteiger partial charge in [-0.2, -0.15) is 0 Å². The molecule has 19 heavy (non-hydrogen) atoms. The minimum atomic E-state index is -0.623. The molecule has 0 unspecified atom stereocenters. The summed E-state index contributed by atoms with van der Waals surface area (Å²) in [5, 5.41) is 3.50. The molecular weight excluding hydrogens is 330 g/mol. The summed E-state index contributed by atoms with van der Waals surface area (Å²) in [6, 6.07) is 4.30. The molecule has 2 aliphatic heterocycles. The van der Waals surface area contributed by atoms with E-state index in [1.54, 1.807) is 0 Å². The van der Waals surface area contributed by atoms with E-state index in [0.29, 0.717) is 19.3 Å². The summed E-state index contributed by atoms with van der Waals surface area (Å²) < 4.78 is 23.5. The standard InChI is InChI=1S/C13H16BrNO3S/c14-10-7-12-13(18-4-3-17-12)8-11(10)15-9-1-5-19(16)6-2-9/h7-9,15H,1-6H2. The van der Waals surface area contributed by atoms with Crippen molar-refractivity contribution < 1.29 is 13.7 Å². The van der Waals surface area contributed by atoms with E-state index in [2.05, 4.69) is 21.2 Å². The average molecular weight is 346 g/mol. The van der Waals surface area contributed by atoms with E-state index in [1.165, 1.54) is 0 Å². The molecule has 1 saturated heterocycles. The van der Waals surface area contributed by atoms with E-state index in [9.17, 15) is 4.21 Å². The fourth-order valence-electron chi connectivity index (χ4n) is 2.33. The summed E-state index contributed by atoms with van der Waals surface area (Å²) in [7, 11) is -0.623. The van der Waals surface area contributed by atoms with Crippen molar-refractivity contribution in [1.82, 2.24) is 0 Å². The van der Waals surface area contributed by atoms with Crippen molar-refractivity contribution in [2.45, 2.75) is 18.9 Å². The summed E-state index contributed by atoms with van der Waals surface area (Å²) in [5.41, 5.74) is 1.02. The molecule has 0 bridgehead atoms. The van der Waals surface area contributed by atoms with Gasteiger partial charge in [-0.1, -0.05) is 0 Å². The third-order valence-electron chi connectivity index (χ3n) is 3.38. The van der Waals surface area contributed by atoms with Gasteiger partial charge in [-0.3, -0.25) is 4.21 Å². The zero-order valence-corrected chi connectivity index (χ0v) is 12.9. The van der Waals surface area contributed by atoms with Crippen molar-refractivity contribution >= 4 is 32.4 Å². The summed E-state index contributed by atoms with van der Waals surface area (Å²) in [4.78, 5) is 0. The van der Waals surface area contributed by atoms with Crippen LogP contribution in [0.1, 0.15) is 12.8 Å². The molecule has 0 aromatic heterocycles. The van der Waals surface area contributed by atoms with Gasteiger partial charge in [0.05, 0.1) is 5.69 Å². The first kappa shape index (κ1) is 13.2. The predicted molar refractivity (Wildman–Crippen MR) is 79.7 cm³/mol. The van der Waals surface area contributed by atoms with Crippen molar-refractivity contribution in [2.24, 2.45) is 0 Å². The number of rotatable bonds is 2. The molecule has 0 amide bonds. The van der Waals surface area contributed by atoms with Crippen molar-refractivity contribution in [1.29, 1.82) is 0 Å². The Hall–Kier alpha value is -0.750. The molecule has 1 aromatic carbocycles. The van der Waals surface area contributed by atoms with Crippen LogP contribution in [0.25, 0.3) is 0 Å². The Balaban J connectivity index is 1.75. The van der Waals surface area contributed by atoms with Gasteiger partial charge in [-0.05, 0) is 28.8 Å². The monoisotopic (exact) mass is 345 g/mol. The van der Waals surface area contributed by atoms with Crippen LogP contribution >= 0.6 is 15.9 Å². The summed E-state index contributed by atoms with van der Waals surface area (Å²) >= 11 is 3.56. The number of nitrogens with one attached hydrogen (secondary N) is 1. The molecule has 2 aliphatic rings. The first-order valence-electron chi connectivity index (χ1n) is 6.43. The highest BCUT2D eigenvalue weighted by atomic mass is 79.9. The maximum Gasteiger partial charge on any atom is 0.163 e. The van der Waals surface area contributed by atoms with Crippen LogP contribution in [0.3, 0.4) is 0 Å². The third-order valence-corrected chi connectivity index (χ3v) is 5.42. The van der Waals surface area contributed by atoms with E-state index < -0.39 is 10.8 Å². The van der Waals surface area contributed by atoms with Gasteiger partial charge < -0.3 is 14.8 Å². The van der Waals surface area contributed by atoms with Crippen molar-refractivity contribution in [3.05, 3.63) is 16.6 Å². The number of ether oxygens (including phenoxy) is 2. The van der Waals surface area contributed by atoms with Crippen LogP contribution in [-0.4, -0.2) is 35.0 Å². The van der Waals surface area contributed by atoms with Gasteiger partial charge in [0.15, 0.2) is 11.5 Å². The Kier molecular flexibility index (Phi) is 3.98. The zero-order valence-electron chi connectivity index (χ0n) is 10.5. The normalized spacial score (nSPS) is 25.9. The predicted octanol–water partition coefficient (Wildman–Crippen LogP) is 2.54. The van der Waals surface area contributed by atoms with E-state index in [0.717, 1.165) is 46.0 Å². The third kappa shape index (κ3) is 3.05. The molecule has 104 valence electrons. The second-order valence-electron chi connectivity index (χ2n) is 4.74. The highest BCUT2D eigenvalue weighted by Gasteiger charge is 2.20. The molecule has 0 radical (unpaired) electrons. The van der Waals surface area contributed by atoms with Crippen LogP contribution in [0.5, 0.6) is 11.5 Å². The van der Waals surface area contributed by atoms with Gasteiger partial charge in [0, 0.05) is 45.0 Å². The highest BCUT2D eigenvalue weighted by molar-refractivity contribution is 9.10. The number of fused-ring (bicyclic) bond motifs is 1. The minimum Gasteiger partial charge on any atom is -0.486 e. The number of anilines is 1. The lowest BCUT2D eigenvalue weighted by Gasteiger charge is -2.26. The lowest BCUT2D eigenvalue weighted by atomic mass is 10.1. The second-order valence-corrected chi connectivity index (χ2v) is 7.29. The van der Waals surface area contributed by atoms with Gasteiger partial charge in [-0.15, -0.1) is 0 Å². The number of benzene rings is 1. The van der Waals surface area contributed by atoms with E-state index >= 15 is 0 Å². The Bertz CT molecular complexity index is 499. The fourth-order valence-corrected chi connectivity index (χ4v) is 4.07. The molecular formula is C13H16BrNO3S. The molecule has 4 nitrogen and oxygen atoms in total. The van der Waals surface area contributed by atoms with Crippen LogP contribution < -0.4 is 14.8 Å². The molecule has 6 heteroatoms. The fraction of sp³-hybridized carbons (Fsp3) is 0.538. The molecule has 0 saturated carbocycles. The van der Waals surface area contributed by atoms with Crippen LogP contribution in [0.2, 0.25) is 0 Å². The quantitative estimate of drug-likeness (QED) is 0.894. The lowest BCUT2D eigenvalue weighted by Crippen LogP contribution is -2.29. The van der Waals surface area contributed by atoms with Crippen LogP contribution in [-0.2, 0) is 10.8 Å². The summed E-state index contributed by atoms with van der Waals surface area (Å²) in [5.74, 6) is 3.16. The largest absolute Gasteiger partial charge is 0.486 e. The summed E-state index contributed by atoms with van der Waals surface area (Å²) in [6.07, 6.45) is 1.90.